The van der Waals surface area contributed by atoms with Gasteiger partial charge in [-0.1, -0.05) is 26.6 Å². The van der Waals surface area contributed by atoms with Crippen molar-refractivity contribution >= 4 is 54.4 Å². The molecule has 0 bridgehead atoms. The quantitative estimate of drug-likeness (QED) is 0.287. The Balaban J connectivity index is 1.95. The van der Waals surface area contributed by atoms with Crippen molar-refractivity contribution in [2.75, 3.05) is 20.6 Å². The largest absolute Gasteiger partial charge is 0.515 e. The first kappa shape index (κ1) is 31.6. The van der Waals surface area contributed by atoms with Crippen molar-refractivity contribution < 1.29 is 23.2 Å². The van der Waals surface area contributed by atoms with Crippen LogP contribution in [0.3, 0.4) is 0 Å². The zero-order valence-electron chi connectivity index (χ0n) is 25.7. The number of carbonyl (C=O) groups is 3. The lowest BCUT2D eigenvalue weighted by Gasteiger charge is -2.48. The van der Waals surface area contributed by atoms with E-state index in [1.165, 1.54) is 0 Å². The average Bonchev–Trinajstić information content (AvgIpc) is 3.23. The SMILES string of the molecule is CC(O[Si](C)(C)C)C1C(=O)N2C(C(=O)O[Si](C)(C)C)=C(SC3CC(C(=O)N(C)C)N([Si](C)(C)C)C3)C(C)C12. The van der Waals surface area contributed by atoms with Gasteiger partial charge in [0, 0.05) is 36.7 Å². The van der Waals surface area contributed by atoms with E-state index in [-0.39, 0.29) is 53.1 Å². The van der Waals surface area contributed by atoms with Crippen LogP contribution in [-0.4, -0.2) is 101 Å². The summed E-state index contributed by atoms with van der Waals surface area (Å²) in [6.45, 7) is 24.1. The fourth-order valence-corrected chi connectivity index (χ4v) is 11.4. The molecule has 38 heavy (non-hydrogen) atoms. The number of rotatable bonds is 9. The summed E-state index contributed by atoms with van der Waals surface area (Å²) in [5, 5.41) is 0.158. The zero-order valence-corrected chi connectivity index (χ0v) is 29.5. The smallest absolute Gasteiger partial charge is 0.342 e. The molecule has 6 atom stereocenters. The van der Waals surface area contributed by atoms with Gasteiger partial charge >= 0.3 is 5.97 Å². The van der Waals surface area contributed by atoms with E-state index in [9.17, 15) is 14.4 Å². The van der Waals surface area contributed by atoms with Gasteiger partial charge in [-0.3, -0.25) is 9.59 Å². The van der Waals surface area contributed by atoms with Gasteiger partial charge in [0.25, 0.3) is 0 Å². The van der Waals surface area contributed by atoms with E-state index in [1.54, 1.807) is 21.6 Å². The minimum Gasteiger partial charge on any atom is -0.515 e. The lowest BCUT2D eigenvalue weighted by molar-refractivity contribution is -0.162. The summed E-state index contributed by atoms with van der Waals surface area (Å²) < 4.78 is 14.7. The number of hydrogen-bond acceptors (Lipinski definition) is 7. The van der Waals surface area contributed by atoms with Gasteiger partial charge in [0.05, 0.1) is 24.1 Å². The number of fused-ring (bicyclic) bond motifs is 1. The Kier molecular flexibility index (Phi) is 8.99. The first-order valence-corrected chi connectivity index (χ1v) is 24.9. The van der Waals surface area contributed by atoms with Crippen molar-refractivity contribution in [2.45, 2.75) is 103 Å². The van der Waals surface area contributed by atoms with E-state index < -0.39 is 24.9 Å². The summed E-state index contributed by atoms with van der Waals surface area (Å²) >= 11 is 1.69. The van der Waals surface area contributed by atoms with Crippen LogP contribution in [0.15, 0.2) is 10.6 Å². The van der Waals surface area contributed by atoms with E-state index >= 15 is 0 Å². The van der Waals surface area contributed by atoms with Crippen LogP contribution in [0.1, 0.15) is 20.3 Å². The molecule has 0 radical (unpaired) electrons. The van der Waals surface area contributed by atoms with E-state index in [0.29, 0.717) is 5.70 Å². The van der Waals surface area contributed by atoms with Gasteiger partial charge in [-0.2, -0.15) is 0 Å². The van der Waals surface area contributed by atoms with E-state index in [4.69, 9.17) is 8.85 Å². The Morgan fingerprint density at radius 2 is 1.61 bits per heavy atom. The van der Waals surface area contributed by atoms with E-state index in [1.807, 2.05) is 40.7 Å². The molecule has 2 amide bonds. The molecular weight excluding hydrogens is 551 g/mol. The number of β-lactam (4-membered cyclic amide) rings is 1. The van der Waals surface area contributed by atoms with Crippen LogP contribution in [0.25, 0.3) is 0 Å². The molecule has 0 aromatic heterocycles. The summed E-state index contributed by atoms with van der Waals surface area (Å²) in [7, 11) is -2.15. The van der Waals surface area contributed by atoms with Gasteiger partial charge in [0.15, 0.2) is 8.32 Å². The second kappa shape index (κ2) is 10.8. The molecular formula is C26H49N3O5SSi3. The van der Waals surface area contributed by atoms with Gasteiger partial charge in [-0.05, 0) is 52.6 Å². The molecule has 2 saturated heterocycles. The normalized spacial score (nSPS) is 29.3. The highest BCUT2D eigenvalue weighted by Gasteiger charge is 2.61. The highest BCUT2D eigenvalue weighted by Crippen LogP contribution is 2.53. The predicted octanol–water partition coefficient (Wildman–Crippen LogP) is 4.39. The molecule has 3 aliphatic rings. The van der Waals surface area contributed by atoms with Crippen LogP contribution < -0.4 is 0 Å². The second-order valence-corrected chi connectivity index (χ2v) is 29.4. The topological polar surface area (TPSA) is 79.4 Å². The van der Waals surface area contributed by atoms with Crippen molar-refractivity contribution in [3.8, 4) is 0 Å². The maximum Gasteiger partial charge on any atom is 0.342 e. The molecule has 3 heterocycles. The average molecular weight is 600 g/mol. The molecule has 0 aromatic carbocycles. The third kappa shape index (κ3) is 6.51. The monoisotopic (exact) mass is 599 g/mol. The minimum absolute atomic E-state index is 0.00324. The van der Waals surface area contributed by atoms with Crippen molar-refractivity contribution in [3.05, 3.63) is 10.6 Å². The molecule has 3 rings (SSSR count). The summed E-state index contributed by atoms with van der Waals surface area (Å²) in [6.07, 6.45) is 0.530. The van der Waals surface area contributed by atoms with E-state index in [0.717, 1.165) is 17.9 Å². The molecule has 6 unspecified atom stereocenters. The lowest BCUT2D eigenvalue weighted by Crippen LogP contribution is -2.64. The van der Waals surface area contributed by atoms with Crippen molar-refractivity contribution in [1.82, 2.24) is 14.4 Å². The van der Waals surface area contributed by atoms with Crippen molar-refractivity contribution in [2.24, 2.45) is 11.8 Å². The Hall–Kier alpha value is -0.929. The molecule has 0 aromatic rings. The van der Waals surface area contributed by atoms with Crippen LogP contribution >= 0.6 is 11.8 Å². The molecule has 0 aliphatic carbocycles. The Labute approximate surface area is 237 Å². The maximum atomic E-state index is 13.6. The van der Waals surface area contributed by atoms with Crippen LogP contribution in [0.2, 0.25) is 58.9 Å². The second-order valence-electron chi connectivity index (χ2n) is 14.2. The first-order chi connectivity index (χ1) is 17.1. The Bertz CT molecular complexity index is 1000. The Morgan fingerprint density at radius 1 is 1.03 bits per heavy atom. The molecule has 0 saturated carbocycles. The summed E-state index contributed by atoms with van der Waals surface area (Å²) in [4.78, 5) is 44.6. The zero-order chi connectivity index (χ0) is 29.1. The summed E-state index contributed by atoms with van der Waals surface area (Å²) in [5.74, 6) is -0.550. The number of carbonyl (C=O) groups excluding carboxylic acids is 3. The molecule has 8 nitrogen and oxygen atoms in total. The third-order valence-corrected chi connectivity index (χ3v) is 13.0. The summed E-state index contributed by atoms with van der Waals surface area (Å²) in [5.41, 5.74) is 0.429. The fraction of sp³-hybridized carbons (Fsp3) is 0.808. The van der Waals surface area contributed by atoms with Crippen LogP contribution in [0.4, 0.5) is 0 Å². The highest BCUT2D eigenvalue weighted by atomic mass is 32.2. The number of amides is 2. The van der Waals surface area contributed by atoms with Gasteiger partial charge in [-0.15, -0.1) is 11.8 Å². The van der Waals surface area contributed by atoms with Crippen molar-refractivity contribution in [1.29, 1.82) is 0 Å². The van der Waals surface area contributed by atoms with E-state index in [2.05, 4.69) is 50.8 Å². The molecule has 2 fully saturated rings. The van der Waals surface area contributed by atoms with Gasteiger partial charge in [0.2, 0.25) is 20.1 Å². The lowest BCUT2D eigenvalue weighted by atomic mass is 9.79. The van der Waals surface area contributed by atoms with Crippen molar-refractivity contribution in [3.63, 3.8) is 0 Å². The molecule has 0 spiro atoms. The standard InChI is InChI=1S/C26H49N3O5SSi3/c1-16-21-20(17(2)33-37(8,9)10)25(31)29(21)22(26(32)34-38(11,12)13)23(16)35-18-14-19(24(30)27(3)4)28(15-18)36(5,6)7/h16-21H,14-15H2,1-13H3. The van der Waals surface area contributed by atoms with Crippen LogP contribution in [0, 0.1) is 11.8 Å². The maximum absolute atomic E-state index is 13.6. The molecule has 3 aliphatic heterocycles. The summed E-state index contributed by atoms with van der Waals surface area (Å²) in [6, 6.07) is -0.255. The first-order valence-electron chi connectivity index (χ1n) is 13.8. The van der Waals surface area contributed by atoms with Crippen LogP contribution in [0.5, 0.6) is 0 Å². The number of hydrogen-bond donors (Lipinski definition) is 0. The highest BCUT2D eigenvalue weighted by molar-refractivity contribution is 8.03. The fourth-order valence-electron chi connectivity index (χ4n) is 5.95. The third-order valence-electron chi connectivity index (χ3n) is 7.37. The number of nitrogens with zero attached hydrogens (tertiary/aromatic N) is 3. The number of thioether (sulfide) groups is 1. The predicted molar refractivity (Wildman–Crippen MR) is 162 cm³/mol. The number of likely N-dealkylation sites (N-methyl/N-ethyl adjacent to an activating group) is 1. The van der Waals surface area contributed by atoms with Gasteiger partial charge in [-0.25, -0.2) is 4.79 Å². The van der Waals surface area contributed by atoms with Crippen LogP contribution in [-0.2, 0) is 23.2 Å². The molecule has 12 heteroatoms. The minimum atomic E-state index is -2.18. The Morgan fingerprint density at radius 3 is 2.08 bits per heavy atom. The molecule has 0 N–H and O–H groups in total. The van der Waals surface area contributed by atoms with Gasteiger partial charge in [0.1, 0.15) is 13.9 Å². The molecule has 216 valence electrons. The van der Waals surface area contributed by atoms with Gasteiger partial charge < -0.3 is 23.2 Å².